The number of ether oxygens (including phenoxy) is 1. The Morgan fingerprint density at radius 2 is 2.05 bits per heavy atom. The summed E-state index contributed by atoms with van der Waals surface area (Å²) in [5, 5.41) is 2.86. The number of rotatable bonds is 8. The molecule has 0 unspecified atom stereocenters. The van der Waals surface area contributed by atoms with Crippen molar-refractivity contribution in [1.29, 1.82) is 0 Å². The molecule has 0 saturated heterocycles. The van der Waals surface area contributed by atoms with Crippen LogP contribution < -0.4 is 10.0 Å². The number of hydrogen-bond acceptors (Lipinski definition) is 5. The van der Waals surface area contributed by atoms with Crippen molar-refractivity contribution in [2.75, 3.05) is 20.2 Å². The first-order valence-corrected chi connectivity index (χ1v) is 8.95. The van der Waals surface area contributed by atoms with E-state index in [1.165, 1.54) is 25.3 Å². The minimum Gasteiger partial charge on any atom is -0.447 e. The van der Waals surface area contributed by atoms with Gasteiger partial charge in [0.25, 0.3) is 10.0 Å². The van der Waals surface area contributed by atoms with Crippen molar-refractivity contribution in [2.45, 2.75) is 49.8 Å². The van der Waals surface area contributed by atoms with E-state index in [0.717, 1.165) is 12.8 Å². The second-order valence-corrected chi connectivity index (χ2v) is 6.98. The molecular formula is C14H24N2O4S. The summed E-state index contributed by atoms with van der Waals surface area (Å²) in [7, 11) is -1.81. The maximum absolute atomic E-state index is 12.0. The Hall–Kier alpha value is -0.890. The van der Waals surface area contributed by atoms with Crippen molar-refractivity contribution in [2.24, 2.45) is 0 Å². The summed E-state index contributed by atoms with van der Waals surface area (Å²) in [6.07, 6.45) is 6.14. The monoisotopic (exact) mass is 316 g/mol. The Labute approximate surface area is 126 Å². The third-order valence-electron chi connectivity index (χ3n) is 3.55. The lowest BCUT2D eigenvalue weighted by molar-refractivity contribution is 0.0320. The maximum atomic E-state index is 12.0. The summed E-state index contributed by atoms with van der Waals surface area (Å²) in [5.74, 6) is 0.594. The van der Waals surface area contributed by atoms with Gasteiger partial charge in [0.2, 0.25) is 5.09 Å². The van der Waals surface area contributed by atoms with Gasteiger partial charge in [-0.05, 0) is 32.0 Å². The second kappa shape index (κ2) is 7.93. The average molecular weight is 316 g/mol. The van der Waals surface area contributed by atoms with Gasteiger partial charge in [0.1, 0.15) is 5.76 Å². The summed E-state index contributed by atoms with van der Waals surface area (Å²) in [6, 6.07) is 3.13. The molecule has 6 nitrogen and oxygen atoms in total. The van der Waals surface area contributed by atoms with Crippen LogP contribution in [0.3, 0.4) is 0 Å². The normalized spacial score (nSPS) is 17.2. The van der Waals surface area contributed by atoms with Gasteiger partial charge in [0, 0.05) is 6.54 Å². The predicted molar refractivity (Wildman–Crippen MR) is 79.5 cm³/mol. The minimum absolute atomic E-state index is 0.0505. The molecule has 0 amide bonds. The van der Waals surface area contributed by atoms with E-state index in [9.17, 15) is 8.42 Å². The highest BCUT2D eigenvalue weighted by Gasteiger charge is 2.19. The van der Waals surface area contributed by atoms with E-state index >= 15 is 0 Å². The van der Waals surface area contributed by atoms with E-state index in [0.29, 0.717) is 18.9 Å². The molecule has 1 saturated carbocycles. The smallest absolute Gasteiger partial charge is 0.274 e. The number of nitrogens with one attached hydrogen (secondary N) is 2. The Kier molecular flexibility index (Phi) is 6.22. The van der Waals surface area contributed by atoms with Gasteiger partial charge in [0.15, 0.2) is 0 Å². The van der Waals surface area contributed by atoms with Crippen LogP contribution in [0.4, 0.5) is 0 Å². The van der Waals surface area contributed by atoms with Crippen LogP contribution in [0.1, 0.15) is 37.9 Å². The van der Waals surface area contributed by atoms with Crippen LogP contribution in [0.2, 0.25) is 0 Å². The number of hydrogen-bond donors (Lipinski definition) is 2. The molecular weight excluding hydrogens is 292 g/mol. The molecule has 1 heterocycles. The lowest BCUT2D eigenvalue weighted by Gasteiger charge is -2.21. The minimum atomic E-state index is -3.59. The second-order valence-electron chi connectivity index (χ2n) is 5.28. The first-order valence-electron chi connectivity index (χ1n) is 7.46. The summed E-state index contributed by atoms with van der Waals surface area (Å²) in [5.41, 5.74) is 0. The van der Waals surface area contributed by atoms with Crippen molar-refractivity contribution in [3.63, 3.8) is 0 Å². The summed E-state index contributed by atoms with van der Waals surface area (Å²) in [6.45, 7) is 1.16. The topological polar surface area (TPSA) is 80.6 Å². The van der Waals surface area contributed by atoms with Crippen LogP contribution in [0.15, 0.2) is 21.6 Å². The van der Waals surface area contributed by atoms with Gasteiger partial charge in [-0.25, -0.2) is 13.1 Å². The van der Waals surface area contributed by atoms with Crippen molar-refractivity contribution in [1.82, 2.24) is 10.0 Å². The molecule has 0 aliphatic heterocycles. The largest absolute Gasteiger partial charge is 0.447 e. The van der Waals surface area contributed by atoms with Gasteiger partial charge in [-0.15, -0.1) is 0 Å². The molecule has 7 heteroatoms. The van der Waals surface area contributed by atoms with Crippen LogP contribution in [0, 0.1) is 0 Å². The summed E-state index contributed by atoms with van der Waals surface area (Å²) >= 11 is 0. The molecule has 2 N–H and O–H groups in total. The summed E-state index contributed by atoms with van der Waals surface area (Å²) in [4.78, 5) is 0. The van der Waals surface area contributed by atoms with Crippen LogP contribution in [0.25, 0.3) is 0 Å². The lowest BCUT2D eigenvalue weighted by Crippen LogP contribution is -2.29. The molecule has 1 aliphatic carbocycles. The molecule has 0 spiro atoms. The summed E-state index contributed by atoms with van der Waals surface area (Å²) < 4.78 is 37.5. The van der Waals surface area contributed by atoms with Crippen molar-refractivity contribution in [3.8, 4) is 0 Å². The van der Waals surface area contributed by atoms with Gasteiger partial charge in [-0.1, -0.05) is 19.3 Å². The Morgan fingerprint density at radius 3 is 2.76 bits per heavy atom. The molecule has 1 aromatic rings. The average Bonchev–Trinajstić information content (AvgIpc) is 2.95. The highest BCUT2D eigenvalue weighted by molar-refractivity contribution is 7.89. The Bertz CT molecular complexity index is 521. The molecule has 0 radical (unpaired) electrons. The first kappa shape index (κ1) is 16.5. The Morgan fingerprint density at radius 1 is 1.29 bits per heavy atom. The van der Waals surface area contributed by atoms with Crippen molar-refractivity contribution < 1.29 is 17.6 Å². The molecule has 0 aromatic carbocycles. The van der Waals surface area contributed by atoms with Gasteiger partial charge < -0.3 is 14.5 Å². The van der Waals surface area contributed by atoms with Gasteiger partial charge in [0.05, 0.1) is 19.3 Å². The SMILES string of the molecule is CNCc1ccc(S(=O)(=O)NCCOC2CCCCC2)o1. The fourth-order valence-corrected chi connectivity index (χ4v) is 3.43. The third kappa shape index (κ3) is 5.10. The van der Waals surface area contributed by atoms with E-state index in [1.807, 2.05) is 0 Å². The predicted octanol–water partition coefficient (Wildman–Crippen LogP) is 1.63. The molecule has 1 fully saturated rings. The fraction of sp³-hybridized carbons (Fsp3) is 0.714. The van der Waals surface area contributed by atoms with Crippen LogP contribution in [-0.2, 0) is 21.3 Å². The van der Waals surface area contributed by atoms with Crippen molar-refractivity contribution >= 4 is 10.0 Å². The van der Waals surface area contributed by atoms with Gasteiger partial charge >= 0.3 is 0 Å². The lowest BCUT2D eigenvalue weighted by atomic mass is 9.98. The van der Waals surface area contributed by atoms with Gasteiger partial charge in [-0.2, -0.15) is 0 Å². The van der Waals surface area contributed by atoms with Crippen molar-refractivity contribution in [3.05, 3.63) is 17.9 Å². The molecule has 0 bridgehead atoms. The van der Waals surface area contributed by atoms with E-state index in [4.69, 9.17) is 9.15 Å². The first-order chi connectivity index (χ1) is 10.1. The van der Waals surface area contributed by atoms with Crippen LogP contribution in [0.5, 0.6) is 0 Å². The standard InChI is InChI=1S/C14H24N2O4S/c1-15-11-13-7-8-14(20-13)21(17,18)16-9-10-19-12-5-3-2-4-6-12/h7-8,12,15-16H,2-6,9-11H2,1H3. The number of sulfonamides is 1. The van der Waals surface area contributed by atoms with Crippen LogP contribution in [-0.4, -0.2) is 34.7 Å². The molecule has 21 heavy (non-hydrogen) atoms. The molecule has 120 valence electrons. The quantitative estimate of drug-likeness (QED) is 0.713. The van der Waals surface area contributed by atoms with E-state index in [-0.39, 0.29) is 17.7 Å². The fourth-order valence-electron chi connectivity index (χ4n) is 2.48. The van der Waals surface area contributed by atoms with E-state index < -0.39 is 10.0 Å². The molecule has 0 atom stereocenters. The molecule has 1 aromatic heterocycles. The highest BCUT2D eigenvalue weighted by Crippen LogP contribution is 2.20. The number of furan rings is 1. The molecule has 2 rings (SSSR count). The molecule has 1 aliphatic rings. The maximum Gasteiger partial charge on any atom is 0.274 e. The zero-order valence-corrected chi connectivity index (χ0v) is 13.2. The highest BCUT2D eigenvalue weighted by atomic mass is 32.2. The zero-order valence-electron chi connectivity index (χ0n) is 12.4. The van der Waals surface area contributed by atoms with Crippen LogP contribution >= 0.6 is 0 Å². The van der Waals surface area contributed by atoms with Gasteiger partial charge in [-0.3, -0.25) is 0 Å². The third-order valence-corrected chi connectivity index (χ3v) is 4.89. The Balaban J connectivity index is 1.75. The van der Waals surface area contributed by atoms with E-state index in [2.05, 4.69) is 10.0 Å². The zero-order chi connectivity index (χ0) is 15.1. The van der Waals surface area contributed by atoms with E-state index in [1.54, 1.807) is 13.1 Å².